The van der Waals surface area contributed by atoms with Crippen LogP contribution < -0.4 is 0 Å². The lowest BCUT2D eigenvalue weighted by Gasteiger charge is -2.24. The van der Waals surface area contributed by atoms with Crippen LogP contribution in [-0.4, -0.2) is 17.5 Å². The van der Waals surface area contributed by atoms with Crippen molar-refractivity contribution >= 4 is 0 Å². The summed E-state index contributed by atoms with van der Waals surface area (Å²) in [5, 5.41) is 0. The average Bonchev–Trinajstić information content (AvgIpc) is 2.58. The number of nitrogens with zero attached hydrogens (tertiary/aromatic N) is 1. The number of allylic oxidation sites excluding steroid dienone is 3. The number of hydrogen-bond donors (Lipinski definition) is 0. The molecular formula is C13H19N. The molecule has 2 rings (SSSR count). The van der Waals surface area contributed by atoms with Crippen molar-refractivity contribution in [3.8, 4) is 0 Å². The van der Waals surface area contributed by atoms with Gasteiger partial charge in [0.15, 0.2) is 0 Å². The molecule has 0 amide bonds. The first-order valence-corrected chi connectivity index (χ1v) is 5.50. The van der Waals surface area contributed by atoms with Crippen molar-refractivity contribution in [3.63, 3.8) is 0 Å². The Morgan fingerprint density at radius 1 is 1.14 bits per heavy atom. The van der Waals surface area contributed by atoms with E-state index in [1.54, 1.807) is 0 Å². The molecule has 0 atom stereocenters. The standard InChI is InChI=1S/C13H19N/c1-9(2)12-7-11-5-6-14(10(3)4)13(11)8-12/h5,7-10H,6H2,1-4H3. The Hall–Kier alpha value is -0.980. The van der Waals surface area contributed by atoms with E-state index in [1.165, 1.54) is 16.8 Å². The van der Waals surface area contributed by atoms with Gasteiger partial charge in [0.25, 0.3) is 0 Å². The maximum Gasteiger partial charge on any atom is 0.0445 e. The molecule has 76 valence electrons. The summed E-state index contributed by atoms with van der Waals surface area (Å²) in [4.78, 5) is 2.46. The second kappa shape index (κ2) is 3.30. The molecule has 1 aliphatic carbocycles. The van der Waals surface area contributed by atoms with Crippen molar-refractivity contribution in [1.82, 2.24) is 4.90 Å². The lowest BCUT2D eigenvalue weighted by Crippen LogP contribution is -2.26. The molecule has 0 aromatic heterocycles. The SMILES string of the molecule is CC(C)C1=CC2=CCN(C(C)C)C2=C1. The second-order valence-corrected chi connectivity index (χ2v) is 4.73. The Bertz CT molecular complexity index is 329. The summed E-state index contributed by atoms with van der Waals surface area (Å²) in [5.74, 6) is 0.642. The van der Waals surface area contributed by atoms with Crippen molar-refractivity contribution in [2.24, 2.45) is 5.92 Å². The van der Waals surface area contributed by atoms with E-state index >= 15 is 0 Å². The second-order valence-electron chi connectivity index (χ2n) is 4.73. The molecule has 1 aliphatic heterocycles. The van der Waals surface area contributed by atoms with Gasteiger partial charge in [-0.05, 0) is 43.1 Å². The molecule has 2 aliphatic rings. The van der Waals surface area contributed by atoms with E-state index in [2.05, 4.69) is 50.8 Å². The molecule has 0 fully saturated rings. The topological polar surface area (TPSA) is 3.24 Å². The Morgan fingerprint density at radius 2 is 1.86 bits per heavy atom. The third kappa shape index (κ3) is 1.41. The summed E-state index contributed by atoms with van der Waals surface area (Å²) >= 11 is 0. The molecule has 0 radical (unpaired) electrons. The Labute approximate surface area is 86.8 Å². The van der Waals surface area contributed by atoms with Gasteiger partial charge in [0, 0.05) is 18.3 Å². The minimum absolute atomic E-state index is 0.606. The molecule has 0 unspecified atom stereocenters. The van der Waals surface area contributed by atoms with E-state index in [0.717, 1.165) is 6.54 Å². The lowest BCUT2D eigenvalue weighted by molar-refractivity contribution is 0.334. The lowest BCUT2D eigenvalue weighted by atomic mass is 10.1. The van der Waals surface area contributed by atoms with Gasteiger partial charge in [-0.15, -0.1) is 0 Å². The molecule has 0 saturated carbocycles. The van der Waals surface area contributed by atoms with Crippen molar-refractivity contribution < 1.29 is 0 Å². The highest BCUT2D eigenvalue weighted by Gasteiger charge is 2.25. The largest absolute Gasteiger partial charge is 0.365 e. The van der Waals surface area contributed by atoms with Gasteiger partial charge in [0.1, 0.15) is 0 Å². The summed E-state index contributed by atoms with van der Waals surface area (Å²) in [6, 6.07) is 0.606. The molecule has 0 bridgehead atoms. The Kier molecular flexibility index (Phi) is 2.26. The molecule has 0 saturated heterocycles. The van der Waals surface area contributed by atoms with Crippen LogP contribution in [0.25, 0.3) is 0 Å². The third-order valence-corrected chi connectivity index (χ3v) is 3.03. The molecule has 14 heavy (non-hydrogen) atoms. The van der Waals surface area contributed by atoms with E-state index in [1.807, 2.05) is 0 Å². The third-order valence-electron chi connectivity index (χ3n) is 3.03. The monoisotopic (exact) mass is 189 g/mol. The van der Waals surface area contributed by atoms with Gasteiger partial charge in [0.05, 0.1) is 0 Å². The summed E-state index contributed by atoms with van der Waals surface area (Å²) in [7, 11) is 0. The molecule has 1 heterocycles. The van der Waals surface area contributed by atoms with Gasteiger partial charge in [-0.2, -0.15) is 0 Å². The van der Waals surface area contributed by atoms with Gasteiger partial charge >= 0.3 is 0 Å². The van der Waals surface area contributed by atoms with Gasteiger partial charge in [-0.1, -0.05) is 19.9 Å². The number of fused-ring (bicyclic) bond motifs is 1. The van der Waals surface area contributed by atoms with Crippen LogP contribution in [-0.2, 0) is 0 Å². The minimum atomic E-state index is 0.606. The first-order chi connectivity index (χ1) is 6.59. The van der Waals surface area contributed by atoms with Crippen molar-refractivity contribution in [2.45, 2.75) is 33.7 Å². The average molecular weight is 189 g/mol. The van der Waals surface area contributed by atoms with Crippen LogP contribution >= 0.6 is 0 Å². The van der Waals surface area contributed by atoms with Gasteiger partial charge in [0.2, 0.25) is 0 Å². The van der Waals surface area contributed by atoms with E-state index in [4.69, 9.17) is 0 Å². The van der Waals surface area contributed by atoms with E-state index < -0.39 is 0 Å². The summed E-state index contributed by atoms with van der Waals surface area (Å²) in [5.41, 5.74) is 4.34. The molecule has 1 nitrogen and oxygen atoms in total. The fourth-order valence-electron chi connectivity index (χ4n) is 2.07. The van der Waals surface area contributed by atoms with Crippen LogP contribution in [0.5, 0.6) is 0 Å². The van der Waals surface area contributed by atoms with E-state index in [-0.39, 0.29) is 0 Å². The smallest absolute Gasteiger partial charge is 0.0445 e. The molecule has 0 spiro atoms. The van der Waals surface area contributed by atoms with Gasteiger partial charge in [-0.3, -0.25) is 0 Å². The van der Waals surface area contributed by atoms with Crippen LogP contribution in [0.2, 0.25) is 0 Å². The van der Waals surface area contributed by atoms with Crippen LogP contribution in [0.15, 0.2) is 35.1 Å². The molecule has 1 heteroatoms. The van der Waals surface area contributed by atoms with E-state index in [9.17, 15) is 0 Å². The highest BCUT2D eigenvalue weighted by atomic mass is 15.2. The van der Waals surface area contributed by atoms with Crippen LogP contribution in [0.3, 0.4) is 0 Å². The number of hydrogen-bond acceptors (Lipinski definition) is 1. The Balaban J connectivity index is 2.25. The van der Waals surface area contributed by atoms with Crippen molar-refractivity contribution in [1.29, 1.82) is 0 Å². The Morgan fingerprint density at radius 3 is 2.43 bits per heavy atom. The molecule has 0 aromatic rings. The van der Waals surface area contributed by atoms with Gasteiger partial charge < -0.3 is 4.90 Å². The predicted octanol–water partition coefficient (Wildman–Crippen LogP) is 3.12. The maximum absolute atomic E-state index is 2.46. The molecular weight excluding hydrogens is 170 g/mol. The summed E-state index contributed by atoms with van der Waals surface area (Å²) < 4.78 is 0. The fraction of sp³-hybridized carbons (Fsp3) is 0.538. The number of rotatable bonds is 2. The zero-order chi connectivity index (χ0) is 10.3. The highest BCUT2D eigenvalue weighted by Crippen LogP contribution is 2.34. The zero-order valence-electron chi connectivity index (χ0n) is 9.54. The van der Waals surface area contributed by atoms with Crippen LogP contribution in [0.1, 0.15) is 27.7 Å². The predicted molar refractivity (Wildman–Crippen MR) is 60.9 cm³/mol. The fourth-order valence-corrected chi connectivity index (χ4v) is 2.07. The summed E-state index contributed by atoms with van der Waals surface area (Å²) in [6.45, 7) is 10.1. The zero-order valence-corrected chi connectivity index (χ0v) is 9.54. The summed E-state index contributed by atoms with van der Waals surface area (Å²) in [6.07, 6.45) is 7.02. The molecule has 0 N–H and O–H groups in total. The first-order valence-electron chi connectivity index (χ1n) is 5.50. The maximum atomic E-state index is 2.46. The quantitative estimate of drug-likeness (QED) is 0.645. The normalized spacial score (nSPS) is 20.1. The highest BCUT2D eigenvalue weighted by molar-refractivity contribution is 5.55. The van der Waals surface area contributed by atoms with Gasteiger partial charge in [-0.25, -0.2) is 0 Å². The van der Waals surface area contributed by atoms with Crippen LogP contribution in [0.4, 0.5) is 0 Å². The minimum Gasteiger partial charge on any atom is -0.365 e. The van der Waals surface area contributed by atoms with E-state index in [0.29, 0.717) is 12.0 Å². The first kappa shape index (κ1) is 9.57. The van der Waals surface area contributed by atoms with Crippen molar-refractivity contribution in [2.75, 3.05) is 6.54 Å². The van der Waals surface area contributed by atoms with Crippen LogP contribution in [0, 0.1) is 5.92 Å². The van der Waals surface area contributed by atoms with Crippen molar-refractivity contribution in [3.05, 3.63) is 35.1 Å². The molecule has 0 aromatic carbocycles.